The van der Waals surface area contributed by atoms with Gasteiger partial charge in [0, 0.05) is 5.41 Å². The first-order valence-corrected chi connectivity index (χ1v) is 6.58. The molecule has 0 aliphatic carbocycles. The molecule has 128 valence electrons. The maximum atomic E-state index is 13.2. The molecule has 1 heterocycles. The molecule has 3 nitrogen and oxygen atoms in total. The molecule has 0 N–H and O–H groups in total. The standard InChI is InChI=1S/C14H14F6N2O/c1-11(2,3)10-21-12(13(15,16)17,14(18,19)20)23-22(10)9-7-5-4-6-8-9/h4-8H,1-3H3. The van der Waals surface area contributed by atoms with E-state index in [-0.39, 0.29) is 5.69 Å². The summed E-state index contributed by atoms with van der Waals surface area (Å²) in [5.74, 6) is -0.460. The van der Waals surface area contributed by atoms with E-state index < -0.39 is 29.3 Å². The van der Waals surface area contributed by atoms with Crippen LogP contribution in [-0.2, 0) is 4.84 Å². The van der Waals surface area contributed by atoms with E-state index in [1.54, 1.807) is 6.07 Å². The molecule has 9 heteroatoms. The third-order valence-corrected chi connectivity index (χ3v) is 3.11. The van der Waals surface area contributed by atoms with Gasteiger partial charge in [-0.15, -0.1) is 0 Å². The van der Waals surface area contributed by atoms with Gasteiger partial charge in [-0.3, -0.25) is 0 Å². The zero-order valence-electron chi connectivity index (χ0n) is 12.5. The van der Waals surface area contributed by atoms with Gasteiger partial charge in [0.1, 0.15) is 5.84 Å². The summed E-state index contributed by atoms with van der Waals surface area (Å²) >= 11 is 0. The first-order valence-electron chi connectivity index (χ1n) is 6.58. The highest BCUT2D eigenvalue weighted by molar-refractivity contribution is 6.01. The van der Waals surface area contributed by atoms with Crippen LogP contribution in [-0.4, -0.2) is 23.9 Å². The molecule has 1 aromatic carbocycles. The molecule has 0 bridgehead atoms. The molecule has 0 atom stereocenters. The van der Waals surface area contributed by atoms with Crippen LogP contribution in [0.4, 0.5) is 32.0 Å². The summed E-state index contributed by atoms with van der Waals surface area (Å²) in [4.78, 5) is 7.34. The average molecular weight is 340 g/mol. The molecule has 23 heavy (non-hydrogen) atoms. The number of amidine groups is 1. The van der Waals surface area contributed by atoms with Crippen molar-refractivity contribution in [2.24, 2.45) is 10.4 Å². The fourth-order valence-corrected chi connectivity index (χ4v) is 1.99. The van der Waals surface area contributed by atoms with E-state index >= 15 is 0 Å². The van der Waals surface area contributed by atoms with Gasteiger partial charge in [-0.25, -0.2) is 14.9 Å². The highest BCUT2D eigenvalue weighted by Gasteiger charge is 2.77. The number of benzene rings is 1. The number of nitrogens with zero attached hydrogens (tertiary/aromatic N) is 2. The van der Waals surface area contributed by atoms with Crippen LogP contribution in [0.1, 0.15) is 20.8 Å². The van der Waals surface area contributed by atoms with Crippen molar-refractivity contribution in [3.63, 3.8) is 0 Å². The molecular formula is C14H14F6N2O. The van der Waals surface area contributed by atoms with Crippen molar-refractivity contribution in [3.8, 4) is 0 Å². The van der Waals surface area contributed by atoms with Crippen molar-refractivity contribution in [2.75, 3.05) is 5.06 Å². The maximum Gasteiger partial charge on any atom is 0.450 e. The molecule has 1 aliphatic heterocycles. The van der Waals surface area contributed by atoms with Gasteiger partial charge in [0.2, 0.25) is 0 Å². The van der Waals surface area contributed by atoms with Gasteiger partial charge in [0.15, 0.2) is 0 Å². The minimum absolute atomic E-state index is 0.0246. The SMILES string of the molecule is CC(C)(C)C1=NC(C(F)(F)F)(C(F)(F)F)ON1c1ccccc1. The summed E-state index contributed by atoms with van der Waals surface area (Å²) in [5.41, 5.74) is -5.69. The van der Waals surface area contributed by atoms with Crippen LogP contribution in [0, 0.1) is 5.41 Å². The van der Waals surface area contributed by atoms with Crippen LogP contribution < -0.4 is 5.06 Å². The Hall–Kier alpha value is -1.77. The van der Waals surface area contributed by atoms with Gasteiger partial charge >= 0.3 is 18.1 Å². The lowest BCUT2D eigenvalue weighted by Crippen LogP contribution is -2.57. The van der Waals surface area contributed by atoms with Gasteiger partial charge in [-0.1, -0.05) is 39.0 Å². The largest absolute Gasteiger partial charge is 0.450 e. The molecule has 0 radical (unpaired) electrons. The molecule has 1 aliphatic rings. The first kappa shape index (κ1) is 17.6. The highest BCUT2D eigenvalue weighted by Crippen LogP contribution is 2.51. The zero-order valence-corrected chi connectivity index (χ0v) is 12.5. The van der Waals surface area contributed by atoms with Crippen LogP contribution in [0.5, 0.6) is 0 Å². The predicted molar refractivity (Wildman–Crippen MR) is 71.7 cm³/mol. The van der Waals surface area contributed by atoms with E-state index in [1.807, 2.05) is 0 Å². The lowest BCUT2D eigenvalue weighted by molar-refractivity contribution is -0.372. The Morgan fingerprint density at radius 2 is 1.39 bits per heavy atom. The van der Waals surface area contributed by atoms with E-state index in [0.29, 0.717) is 5.06 Å². The van der Waals surface area contributed by atoms with Crippen LogP contribution in [0.25, 0.3) is 0 Å². The molecule has 0 amide bonds. The topological polar surface area (TPSA) is 24.8 Å². The lowest BCUT2D eigenvalue weighted by Gasteiger charge is -2.31. The highest BCUT2D eigenvalue weighted by atomic mass is 19.4. The van der Waals surface area contributed by atoms with Crippen molar-refractivity contribution in [3.05, 3.63) is 30.3 Å². The molecule has 1 aromatic rings. The number of hydrogen-bond donors (Lipinski definition) is 0. The molecule has 0 saturated carbocycles. The normalized spacial score (nSPS) is 19.0. The van der Waals surface area contributed by atoms with Crippen molar-refractivity contribution in [1.29, 1.82) is 0 Å². The maximum absolute atomic E-state index is 13.2. The van der Waals surface area contributed by atoms with E-state index in [2.05, 4.69) is 9.83 Å². The quantitative estimate of drug-likeness (QED) is 0.692. The number of anilines is 1. The predicted octanol–water partition coefficient (Wildman–Crippen LogP) is 4.70. The van der Waals surface area contributed by atoms with Gasteiger partial charge in [-0.2, -0.15) is 26.3 Å². The number of halogens is 6. The van der Waals surface area contributed by atoms with Crippen LogP contribution in [0.3, 0.4) is 0 Å². The Labute approximate surface area is 128 Å². The Kier molecular flexibility index (Phi) is 3.91. The van der Waals surface area contributed by atoms with Crippen LogP contribution in [0.15, 0.2) is 35.3 Å². The molecule has 0 fully saturated rings. The minimum Gasteiger partial charge on any atom is -0.217 e. The number of hydrogen-bond acceptors (Lipinski definition) is 3. The monoisotopic (exact) mass is 340 g/mol. The van der Waals surface area contributed by atoms with Crippen molar-refractivity contribution in [2.45, 2.75) is 38.8 Å². The van der Waals surface area contributed by atoms with Crippen molar-refractivity contribution >= 4 is 11.5 Å². The van der Waals surface area contributed by atoms with Crippen molar-refractivity contribution in [1.82, 2.24) is 0 Å². The van der Waals surface area contributed by atoms with E-state index in [1.165, 1.54) is 45.0 Å². The number of aliphatic imine (C=N–C) groups is 1. The molecular weight excluding hydrogens is 326 g/mol. The summed E-state index contributed by atoms with van der Waals surface area (Å²) in [6.45, 7) is 4.36. The molecule has 0 saturated heterocycles. The third-order valence-electron chi connectivity index (χ3n) is 3.11. The summed E-state index contributed by atoms with van der Waals surface area (Å²) < 4.78 is 79.1. The molecule has 2 rings (SSSR count). The van der Waals surface area contributed by atoms with E-state index in [9.17, 15) is 26.3 Å². The Morgan fingerprint density at radius 3 is 1.78 bits per heavy atom. The van der Waals surface area contributed by atoms with Crippen molar-refractivity contribution < 1.29 is 31.2 Å². The number of rotatable bonds is 1. The molecule has 0 aromatic heterocycles. The first-order chi connectivity index (χ1) is 10.3. The summed E-state index contributed by atoms with van der Waals surface area (Å²) in [6, 6.07) is 7.20. The zero-order chi connectivity index (χ0) is 17.7. The fourth-order valence-electron chi connectivity index (χ4n) is 1.99. The van der Waals surface area contributed by atoms with Gasteiger partial charge in [0.05, 0.1) is 5.69 Å². The molecule has 0 unspecified atom stereocenters. The van der Waals surface area contributed by atoms with E-state index in [0.717, 1.165) is 0 Å². The Bertz CT molecular complexity index is 586. The number of alkyl halides is 6. The second-order valence-corrected chi connectivity index (χ2v) is 6.05. The van der Waals surface area contributed by atoms with Gasteiger partial charge < -0.3 is 0 Å². The minimum atomic E-state index is -5.76. The second kappa shape index (κ2) is 5.12. The smallest absolute Gasteiger partial charge is 0.217 e. The Morgan fingerprint density at radius 1 is 0.913 bits per heavy atom. The number of para-hydroxylation sites is 1. The average Bonchev–Trinajstić information content (AvgIpc) is 2.80. The second-order valence-electron chi connectivity index (χ2n) is 6.05. The van der Waals surface area contributed by atoms with E-state index in [4.69, 9.17) is 0 Å². The van der Waals surface area contributed by atoms with Crippen LogP contribution in [0.2, 0.25) is 0 Å². The van der Waals surface area contributed by atoms with Crippen LogP contribution >= 0.6 is 0 Å². The Balaban J connectivity index is 2.65. The summed E-state index contributed by atoms with van der Waals surface area (Å²) in [5, 5.41) is 0.501. The summed E-state index contributed by atoms with van der Waals surface area (Å²) in [6.07, 6.45) is -11.5. The molecule has 0 spiro atoms. The third kappa shape index (κ3) is 2.89. The van der Waals surface area contributed by atoms with Gasteiger partial charge in [0.25, 0.3) is 0 Å². The number of hydroxylamine groups is 1. The lowest BCUT2D eigenvalue weighted by atomic mass is 9.94. The fraction of sp³-hybridized carbons (Fsp3) is 0.500. The summed E-state index contributed by atoms with van der Waals surface area (Å²) in [7, 11) is 0. The van der Waals surface area contributed by atoms with Gasteiger partial charge in [-0.05, 0) is 12.1 Å².